The van der Waals surface area contributed by atoms with E-state index in [1.54, 1.807) is 0 Å². The van der Waals surface area contributed by atoms with Crippen LogP contribution in [0, 0.1) is 0 Å². The summed E-state index contributed by atoms with van der Waals surface area (Å²) in [6.45, 7) is 0. The molecule has 0 bridgehead atoms. The Morgan fingerprint density at radius 1 is 0.211 bits per heavy atom. The minimum absolute atomic E-state index is 0.550. The molecule has 0 N–H and O–H groups in total. The van der Waals surface area contributed by atoms with Gasteiger partial charge in [0, 0.05) is 0 Å². The highest BCUT2D eigenvalue weighted by Gasteiger charge is 2.48. The summed E-state index contributed by atoms with van der Waals surface area (Å²) >= 11 is 0. The van der Waals surface area contributed by atoms with Crippen LogP contribution in [0.15, 0.2) is 267 Å². The van der Waals surface area contributed by atoms with Crippen LogP contribution < -0.4 is 0 Å². The van der Waals surface area contributed by atoms with Gasteiger partial charge in [0.2, 0.25) is 0 Å². The van der Waals surface area contributed by atoms with Gasteiger partial charge >= 0.3 is 0 Å². The zero-order valence-electron chi connectivity index (χ0n) is 38.9. The first kappa shape index (κ1) is 39.9. The highest BCUT2D eigenvalue weighted by Crippen LogP contribution is 2.61. The molecule has 0 unspecified atom stereocenters. The average molecular weight is 897 g/mol. The number of benzene rings is 14. The number of hydrogen-bond donors (Lipinski definition) is 0. The third-order valence-corrected chi connectivity index (χ3v) is 15.8. The molecule has 0 fully saturated rings. The Morgan fingerprint density at radius 3 is 1.24 bits per heavy atom. The molecule has 0 heteroatoms. The molecular weight excluding hydrogens is 853 g/mol. The Bertz CT molecular complexity index is 4390. The number of hydrogen-bond acceptors (Lipinski definition) is 0. The van der Waals surface area contributed by atoms with E-state index in [9.17, 15) is 0 Å². The largest absolute Gasteiger partial charge is 0.0720 e. The lowest BCUT2D eigenvalue weighted by Gasteiger charge is -2.35. The van der Waals surface area contributed by atoms with Gasteiger partial charge in [0.05, 0.1) is 5.41 Å². The minimum atomic E-state index is -0.550. The van der Waals surface area contributed by atoms with Crippen LogP contribution in [0.4, 0.5) is 0 Å². The fraction of sp³-hybridized carbons (Fsp3) is 0.0141. The van der Waals surface area contributed by atoms with Gasteiger partial charge in [-0.3, -0.25) is 0 Å². The molecule has 14 aromatic rings. The molecule has 0 nitrogen and oxygen atoms in total. The van der Waals surface area contributed by atoms with Crippen LogP contribution in [0.3, 0.4) is 0 Å². The first-order valence-electron chi connectivity index (χ1n) is 24.8. The lowest BCUT2D eigenvalue weighted by Crippen LogP contribution is -2.28. The zero-order valence-corrected chi connectivity index (χ0v) is 38.9. The van der Waals surface area contributed by atoms with Gasteiger partial charge in [-0.05, 0) is 166 Å². The fourth-order valence-electron chi connectivity index (χ4n) is 12.9. The van der Waals surface area contributed by atoms with Crippen LogP contribution in [0.1, 0.15) is 22.3 Å². The molecule has 1 aliphatic carbocycles. The Morgan fingerprint density at radius 2 is 0.634 bits per heavy atom. The van der Waals surface area contributed by atoms with E-state index in [0.29, 0.717) is 0 Å². The maximum absolute atomic E-state index is 2.52. The highest BCUT2D eigenvalue weighted by atomic mass is 14.5. The molecule has 0 saturated heterocycles. The van der Waals surface area contributed by atoms with E-state index in [1.165, 1.54) is 142 Å². The standard InChI is InChI=1S/C71H44/c1-3-20-51(21-4-1)71(52-22-5-2-6-23-52)66-44-50-41-47(39-40-48(50)42-65(66)69-58-29-13-11-26-55(58)56-27-12-18-34-63(56)70(69)71)45-35-37-46(38-36-45)67-59-30-14-16-32-61(59)68(62-33-17-15-31-60(62)67)64-43-49-19-7-8-24-53(49)54-25-9-10-28-57(54)64/h1-44H. The van der Waals surface area contributed by atoms with E-state index >= 15 is 0 Å². The first-order chi connectivity index (χ1) is 35.2. The monoisotopic (exact) mass is 896 g/mol. The van der Waals surface area contributed by atoms with Crippen molar-refractivity contribution in [3.05, 3.63) is 289 Å². The molecular formula is C71H44. The molecule has 0 aliphatic heterocycles. The second kappa shape index (κ2) is 15.5. The molecule has 0 aromatic heterocycles. The van der Waals surface area contributed by atoms with Crippen molar-refractivity contribution in [1.82, 2.24) is 0 Å². The van der Waals surface area contributed by atoms with Gasteiger partial charge in [-0.1, -0.05) is 243 Å². The molecule has 15 rings (SSSR count). The summed E-state index contributed by atoms with van der Waals surface area (Å²) in [6, 6.07) is 100. The molecule has 71 heavy (non-hydrogen) atoms. The van der Waals surface area contributed by atoms with Crippen molar-refractivity contribution < 1.29 is 0 Å². The van der Waals surface area contributed by atoms with Gasteiger partial charge in [-0.25, -0.2) is 0 Å². The lowest BCUT2D eigenvalue weighted by atomic mass is 9.66. The summed E-state index contributed by atoms with van der Waals surface area (Å²) in [6.07, 6.45) is 0. The van der Waals surface area contributed by atoms with Gasteiger partial charge in [-0.2, -0.15) is 0 Å². The van der Waals surface area contributed by atoms with Crippen molar-refractivity contribution in [2.24, 2.45) is 0 Å². The fourth-order valence-corrected chi connectivity index (χ4v) is 12.9. The van der Waals surface area contributed by atoms with Gasteiger partial charge < -0.3 is 0 Å². The van der Waals surface area contributed by atoms with E-state index < -0.39 is 5.41 Å². The number of fused-ring (bicyclic) bond motifs is 14. The van der Waals surface area contributed by atoms with E-state index in [0.717, 1.165) is 0 Å². The summed E-state index contributed by atoms with van der Waals surface area (Å²) < 4.78 is 0. The van der Waals surface area contributed by atoms with Gasteiger partial charge in [0.15, 0.2) is 0 Å². The zero-order chi connectivity index (χ0) is 46.6. The Hall–Kier alpha value is -9.10. The van der Waals surface area contributed by atoms with Crippen LogP contribution in [0.5, 0.6) is 0 Å². The van der Waals surface area contributed by atoms with Crippen molar-refractivity contribution in [1.29, 1.82) is 0 Å². The second-order valence-electron chi connectivity index (χ2n) is 19.4. The topological polar surface area (TPSA) is 0 Å². The van der Waals surface area contributed by atoms with Crippen LogP contribution in [0.2, 0.25) is 0 Å². The van der Waals surface area contributed by atoms with Gasteiger partial charge in [-0.15, -0.1) is 0 Å². The predicted molar refractivity (Wildman–Crippen MR) is 303 cm³/mol. The lowest BCUT2D eigenvalue weighted by molar-refractivity contribution is 0.777. The van der Waals surface area contributed by atoms with E-state index in [1.807, 2.05) is 0 Å². The molecule has 0 spiro atoms. The third kappa shape index (κ3) is 5.74. The average Bonchev–Trinajstić information content (AvgIpc) is 3.76. The van der Waals surface area contributed by atoms with E-state index in [-0.39, 0.29) is 0 Å². The summed E-state index contributed by atoms with van der Waals surface area (Å²) in [5.41, 5.74) is 14.8. The number of rotatable bonds is 5. The van der Waals surface area contributed by atoms with E-state index in [2.05, 4.69) is 267 Å². The summed E-state index contributed by atoms with van der Waals surface area (Å²) in [4.78, 5) is 0. The quantitative estimate of drug-likeness (QED) is 0.119. The molecule has 328 valence electrons. The Labute approximate surface area is 412 Å². The summed E-state index contributed by atoms with van der Waals surface area (Å²) in [5, 5.41) is 17.8. The summed E-state index contributed by atoms with van der Waals surface area (Å²) in [5.74, 6) is 0. The molecule has 0 saturated carbocycles. The second-order valence-corrected chi connectivity index (χ2v) is 19.4. The first-order valence-corrected chi connectivity index (χ1v) is 24.8. The van der Waals surface area contributed by atoms with Crippen molar-refractivity contribution in [2.75, 3.05) is 0 Å². The van der Waals surface area contributed by atoms with Crippen molar-refractivity contribution in [3.63, 3.8) is 0 Å². The molecule has 0 atom stereocenters. The molecule has 14 aromatic carbocycles. The van der Waals surface area contributed by atoms with Crippen LogP contribution in [0.25, 0.3) is 120 Å². The van der Waals surface area contributed by atoms with Gasteiger partial charge in [0.1, 0.15) is 0 Å². The molecule has 0 amide bonds. The van der Waals surface area contributed by atoms with Crippen molar-refractivity contribution in [2.45, 2.75) is 5.41 Å². The van der Waals surface area contributed by atoms with Crippen LogP contribution in [-0.4, -0.2) is 0 Å². The third-order valence-electron chi connectivity index (χ3n) is 15.8. The Kier molecular flexibility index (Phi) is 8.68. The van der Waals surface area contributed by atoms with Crippen molar-refractivity contribution in [3.8, 4) is 44.5 Å². The predicted octanol–water partition coefficient (Wildman–Crippen LogP) is 19.1. The SMILES string of the molecule is c1ccc(C2(c3ccccc3)c3cc4cc(-c5ccc(-c6c7ccccc7c(-c7cc8ccccc8c8ccccc78)c7ccccc67)cc5)ccc4cc3-c3c2c2ccccc2c2ccccc32)cc1. The van der Waals surface area contributed by atoms with E-state index in [4.69, 9.17) is 0 Å². The highest BCUT2D eigenvalue weighted by molar-refractivity contribution is 6.26. The normalized spacial score (nSPS) is 12.9. The summed E-state index contributed by atoms with van der Waals surface area (Å²) in [7, 11) is 0. The van der Waals surface area contributed by atoms with Gasteiger partial charge in [0.25, 0.3) is 0 Å². The van der Waals surface area contributed by atoms with Crippen LogP contribution in [-0.2, 0) is 5.41 Å². The van der Waals surface area contributed by atoms with Crippen LogP contribution >= 0.6 is 0 Å². The Balaban J connectivity index is 0.914. The smallest absolute Gasteiger partial charge is 0.0622 e. The maximum Gasteiger partial charge on any atom is 0.0720 e. The molecule has 0 radical (unpaired) electrons. The minimum Gasteiger partial charge on any atom is -0.0622 e. The molecule has 0 heterocycles. The van der Waals surface area contributed by atoms with Crippen molar-refractivity contribution >= 4 is 75.4 Å². The maximum atomic E-state index is 2.52. The molecule has 1 aliphatic rings.